The molecule has 0 saturated carbocycles. The number of anilines is 2. The summed E-state index contributed by atoms with van der Waals surface area (Å²) >= 11 is 0. The van der Waals surface area contributed by atoms with E-state index in [2.05, 4.69) is 25.7 Å². The van der Waals surface area contributed by atoms with Gasteiger partial charge < -0.3 is 16.4 Å². The molecule has 1 atom stereocenters. The Balaban J connectivity index is 1.32. The number of pyridine rings is 1. The Bertz CT molecular complexity index is 1660. The lowest BCUT2D eigenvalue weighted by molar-refractivity contribution is 0.0940. The molecule has 0 unspecified atom stereocenters. The summed E-state index contributed by atoms with van der Waals surface area (Å²) in [5.74, 6) is 0.0134. The molecule has 5 rings (SSSR count). The monoisotopic (exact) mass is 506 g/mol. The molecule has 0 aliphatic carbocycles. The quantitative estimate of drug-likeness (QED) is 0.296. The molecule has 10 heteroatoms. The number of carbonyl (C=O) groups excluding carboxylic acids is 1. The number of benzene rings is 2. The molecule has 5 aromatic rings. The van der Waals surface area contributed by atoms with E-state index in [0.29, 0.717) is 18.2 Å². The second-order valence-electron chi connectivity index (χ2n) is 8.69. The van der Waals surface area contributed by atoms with Gasteiger partial charge in [-0.25, -0.2) is 18.9 Å². The third-order valence-electron chi connectivity index (χ3n) is 6.17. The molecule has 38 heavy (non-hydrogen) atoms. The highest BCUT2D eigenvalue weighted by Gasteiger charge is 2.17. The zero-order chi connectivity index (χ0) is 26.6. The van der Waals surface area contributed by atoms with Crippen LogP contribution in [0.3, 0.4) is 0 Å². The Morgan fingerprint density at radius 1 is 1.11 bits per heavy atom. The first-order valence-corrected chi connectivity index (χ1v) is 11.8. The van der Waals surface area contributed by atoms with Crippen molar-refractivity contribution in [3.05, 3.63) is 107 Å². The molecule has 0 fully saturated rings. The van der Waals surface area contributed by atoms with Gasteiger partial charge in [0.2, 0.25) is 0 Å². The number of carbonyl (C=O) groups is 1. The van der Waals surface area contributed by atoms with Gasteiger partial charge in [0.15, 0.2) is 5.82 Å². The first kappa shape index (κ1) is 24.4. The first-order valence-electron chi connectivity index (χ1n) is 11.8. The molecule has 188 valence electrons. The Morgan fingerprint density at radius 3 is 2.61 bits per heavy atom. The molecule has 0 bridgehead atoms. The summed E-state index contributed by atoms with van der Waals surface area (Å²) in [5, 5.41) is 19.7. The minimum Gasteiger partial charge on any atom is -0.382 e. The lowest BCUT2D eigenvalue weighted by Gasteiger charge is -2.16. The second-order valence-corrected chi connectivity index (χ2v) is 8.69. The van der Waals surface area contributed by atoms with E-state index in [1.54, 1.807) is 23.6 Å². The van der Waals surface area contributed by atoms with Crippen LogP contribution in [0.5, 0.6) is 0 Å². The highest BCUT2D eigenvalue weighted by molar-refractivity contribution is 5.99. The SMILES string of the molecule is C[C@H](NC(=O)c1cc(C#N)cnc1NCc1ccc(-c2ccc3c(N)ncnn23)cc1)c1ccc(F)cc1. The van der Waals surface area contributed by atoms with E-state index < -0.39 is 5.91 Å². The summed E-state index contributed by atoms with van der Waals surface area (Å²) < 4.78 is 15.0. The topological polar surface area (TPSA) is 134 Å². The number of nitrogens with two attached hydrogens (primary N) is 1. The molecule has 9 nitrogen and oxygen atoms in total. The van der Waals surface area contributed by atoms with E-state index in [4.69, 9.17) is 5.73 Å². The summed E-state index contributed by atoms with van der Waals surface area (Å²) in [6.45, 7) is 2.20. The zero-order valence-corrected chi connectivity index (χ0v) is 20.4. The third-order valence-corrected chi connectivity index (χ3v) is 6.17. The van der Waals surface area contributed by atoms with Gasteiger partial charge in [0.25, 0.3) is 5.91 Å². The smallest absolute Gasteiger partial charge is 0.255 e. The van der Waals surface area contributed by atoms with Gasteiger partial charge in [0.05, 0.1) is 22.9 Å². The highest BCUT2D eigenvalue weighted by Crippen LogP contribution is 2.24. The standard InChI is InChI=1S/C28H23FN8O/c1-17(20-6-8-22(29)9-7-20)36-28(38)23-12-19(13-30)15-33-27(23)32-14-18-2-4-21(5-3-18)24-10-11-25-26(31)34-16-35-37(24)25/h2-12,15-17H,14H2,1H3,(H,32,33)(H,36,38)(H2,31,34,35)/t17-/m0/s1. The van der Waals surface area contributed by atoms with E-state index >= 15 is 0 Å². The molecule has 3 heterocycles. The average molecular weight is 507 g/mol. The third kappa shape index (κ3) is 4.99. The number of nitrogens with zero attached hydrogens (tertiary/aromatic N) is 5. The Hall–Kier alpha value is -5.30. The van der Waals surface area contributed by atoms with Crippen molar-refractivity contribution in [2.45, 2.75) is 19.5 Å². The number of rotatable bonds is 7. The van der Waals surface area contributed by atoms with Crippen LogP contribution in [0.4, 0.5) is 16.0 Å². The van der Waals surface area contributed by atoms with Crippen molar-refractivity contribution >= 4 is 23.1 Å². The number of fused-ring (bicyclic) bond motifs is 1. The highest BCUT2D eigenvalue weighted by atomic mass is 19.1. The number of nitriles is 1. The van der Waals surface area contributed by atoms with Crippen LogP contribution in [0, 0.1) is 17.1 Å². The number of halogens is 1. The number of hydrogen-bond acceptors (Lipinski definition) is 7. The van der Waals surface area contributed by atoms with Crippen molar-refractivity contribution in [3.8, 4) is 17.3 Å². The number of hydrogen-bond donors (Lipinski definition) is 3. The average Bonchev–Trinajstić information content (AvgIpc) is 3.38. The Labute approximate surface area is 217 Å². The summed E-state index contributed by atoms with van der Waals surface area (Å²) in [7, 11) is 0. The molecule has 0 saturated heterocycles. The second kappa shape index (κ2) is 10.4. The first-order chi connectivity index (χ1) is 18.4. The molecule has 0 spiro atoms. The molecule has 2 aromatic carbocycles. The van der Waals surface area contributed by atoms with Crippen LogP contribution in [0.2, 0.25) is 0 Å². The Morgan fingerprint density at radius 2 is 1.87 bits per heavy atom. The minimum absolute atomic E-state index is 0.242. The fourth-order valence-corrected chi connectivity index (χ4v) is 4.10. The summed E-state index contributed by atoms with van der Waals surface area (Å²) in [5.41, 5.74) is 10.7. The normalized spacial score (nSPS) is 11.6. The maximum Gasteiger partial charge on any atom is 0.255 e. The summed E-state index contributed by atoms with van der Waals surface area (Å²) in [4.78, 5) is 21.4. The van der Waals surface area contributed by atoms with E-state index in [0.717, 1.165) is 27.9 Å². The molecule has 0 aliphatic heterocycles. The fraction of sp³-hybridized carbons (Fsp3) is 0.107. The Kier molecular flexibility index (Phi) is 6.65. The number of aromatic nitrogens is 4. The van der Waals surface area contributed by atoms with Crippen molar-refractivity contribution in [3.63, 3.8) is 0 Å². The van der Waals surface area contributed by atoms with Gasteiger partial charge in [0, 0.05) is 18.3 Å². The van der Waals surface area contributed by atoms with E-state index in [9.17, 15) is 14.4 Å². The molecule has 4 N–H and O–H groups in total. The van der Waals surface area contributed by atoms with E-state index in [1.165, 1.54) is 30.7 Å². The van der Waals surface area contributed by atoms with Crippen molar-refractivity contribution < 1.29 is 9.18 Å². The number of amides is 1. The molecular weight excluding hydrogens is 483 g/mol. The van der Waals surface area contributed by atoms with Crippen molar-refractivity contribution in [1.29, 1.82) is 5.26 Å². The van der Waals surface area contributed by atoms with Crippen LogP contribution in [-0.2, 0) is 6.54 Å². The predicted octanol–water partition coefficient (Wildman–Crippen LogP) is 4.49. The molecule has 0 radical (unpaired) electrons. The van der Waals surface area contributed by atoms with Crippen molar-refractivity contribution in [1.82, 2.24) is 24.9 Å². The van der Waals surface area contributed by atoms with Crippen LogP contribution in [0.1, 0.15) is 40.0 Å². The van der Waals surface area contributed by atoms with Crippen molar-refractivity contribution in [2.75, 3.05) is 11.1 Å². The zero-order valence-electron chi connectivity index (χ0n) is 20.4. The summed E-state index contributed by atoms with van der Waals surface area (Å²) in [6.07, 6.45) is 2.83. The van der Waals surface area contributed by atoms with Crippen LogP contribution in [0.15, 0.2) is 79.3 Å². The number of nitrogen functional groups attached to an aromatic ring is 1. The van der Waals surface area contributed by atoms with E-state index in [-0.39, 0.29) is 23.0 Å². The van der Waals surface area contributed by atoms with Crippen LogP contribution in [0.25, 0.3) is 16.8 Å². The van der Waals surface area contributed by atoms with Gasteiger partial charge in [0.1, 0.15) is 29.5 Å². The van der Waals surface area contributed by atoms with Gasteiger partial charge in [-0.3, -0.25) is 4.79 Å². The predicted molar refractivity (Wildman–Crippen MR) is 141 cm³/mol. The van der Waals surface area contributed by atoms with Crippen LogP contribution >= 0.6 is 0 Å². The molecule has 1 amide bonds. The van der Waals surface area contributed by atoms with E-state index in [1.807, 2.05) is 42.5 Å². The molecular formula is C28H23FN8O. The largest absolute Gasteiger partial charge is 0.382 e. The fourth-order valence-electron chi connectivity index (χ4n) is 4.10. The lowest BCUT2D eigenvalue weighted by Crippen LogP contribution is -2.28. The van der Waals surface area contributed by atoms with Gasteiger partial charge >= 0.3 is 0 Å². The maximum atomic E-state index is 13.3. The lowest BCUT2D eigenvalue weighted by atomic mass is 10.1. The minimum atomic E-state index is -0.398. The van der Waals surface area contributed by atoms with Gasteiger partial charge in [-0.05, 0) is 48.4 Å². The van der Waals surface area contributed by atoms with Crippen LogP contribution in [-0.4, -0.2) is 25.5 Å². The van der Waals surface area contributed by atoms with Crippen LogP contribution < -0.4 is 16.4 Å². The maximum absolute atomic E-state index is 13.3. The summed E-state index contributed by atoms with van der Waals surface area (Å²) in [6, 6.07) is 20.7. The van der Waals surface area contributed by atoms with Gasteiger partial charge in [-0.2, -0.15) is 10.4 Å². The molecule has 3 aromatic heterocycles. The van der Waals surface area contributed by atoms with Crippen molar-refractivity contribution in [2.24, 2.45) is 0 Å². The van der Waals surface area contributed by atoms with Gasteiger partial charge in [-0.15, -0.1) is 0 Å². The van der Waals surface area contributed by atoms with Gasteiger partial charge in [-0.1, -0.05) is 36.4 Å². The number of nitrogens with one attached hydrogen (secondary N) is 2. The molecule has 0 aliphatic rings.